The van der Waals surface area contributed by atoms with E-state index in [1.165, 1.54) is 6.07 Å². The first-order valence-corrected chi connectivity index (χ1v) is 6.50. The van der Waals surface area contributed by atoms with Crippen molar-refractivity contribution in [3.63, 3.8) is 0 Å². The Labute approximate surface area is 113 Å². The molecule has 1 aromatic carbocycles. The van der Waals surface area contributed by atoms with Crippen LogP contribution < -0.4 is 5.32 Å². The molecule has 0 radical (unpaired) electrons. The Morgan fingerprint density at radius 2 is 2.00 bits per heavy atom. The summed E-state index contributed by atoms with van der Waals surface area (Å²) in [5, 5.41) is 3.36. The number of hydrogen-bond acceptors (Lipinski definition) is 2. The van der Waals surface area contributed by atoms with Crippen molar-refractivity contribution in [2.45, 2.75) is 33.4 Å². The fourth-order valence-electron chi connectivity index (χ4n) is 1.99. The van der Waals surface area contributed by atoms with Crippen molar-refractivity contribution < 1.29 is 4.39 Å². The van der Waals surface area contributed by atoms with E-state index in [1.807, 2.05) is 19.1 Å². The molecule has 100 valence electrons. The van der Waals surface area contributed by atoms with Crippen molar-refractivity contribution in [1.29, 1.82) is 0 Å². The van der Waals surface area contributed by atoms with Crippen LogP contribution in [-0.2, 0) is 6.54 Å². The number of nitrogens with one attached hydrogen (secondary N) is 1. The zero-order valence-electron chi connectivity index (χ0n) is 11.6. The van der Waals surface area contributed by atoms with Crippen LogP contribution in [0.3, 0.4) is 0 Å². The Morgan fingerprint density at radius 1 is 1.21 bits per heavy atom. The number of benzene rings is 1. The highest BCUT2D eigenvalue weighted by Crippen LogP contribution is 2.25. The Kier molecular flexibility index (Phi) is 4.27. The first kappa shape index (κ1) is 13.7. The van der Waals surface area contributed by atoms with Crippen LogP contribution in [0.5, 0.6) is 0 Å². The molecule has 0 saturated heterocycles. The second-order valence-electron chi connectivity index (χ2n) is 5.09. The fourth-order valence-corrected chi connectivity index (χ4v) is 1.99. The minimum atomic E-state index is -0.218. The van der Waals surface area contributed by atoms with E-state index >= 15 is 0 Å². The zero-order chi connectivity index (χ0) is 13.8. The SMILES string of the molecule is Cc1cncc(-c2cc(F)ccc2CNC(C)C)c1. The molecule has 0 aliphatic carbocycles. The standard InChI is InChI=1S/C16H19FN2/c1-11(2)19-10-13-4-5-15(17)7-16(13)14-6-12(3)8-18-9-14/h4-9,11,19H,10H2,1-3H3. The van der Waals surface area contributed by atoms with Gasteiger partial charge >= 0.3 is 0 Å². The number of nitrogens with zero attached hydrogens (tertiary/aromatic N) is 1. The highest BCUT2D eigenvalue weighted by Gasteiger charge is 2.08. The highest BCUT2D eigenvalue weighted by atomic mass is 19.1. The molecule has 1 heterocycles. The summed E-state index contributed by atoms with van der Waals surface area (Å²) in [7, 11) is 0. The molecule has 0 atom stereocenters. The van der Waals surface area contributed by atoms with E-state index < -0.39 is 0 Å². The van der Waals surface area contributed by atoms with Crippen molar-refractivity contribution >= 4 is 0 Å². The lowest BCUT2D eigenvalue weighted by Crippen LogP contribution is -2.22. The lowest BCUT2D eigenvalue weighted by Gasteiger charge is -2.13. The van der Waals surface area contributed by atoms with Gasteiger partial charge in [0.2, 0.25) is 0 Å². The molecule has 0 fully saturated rings. The molecule has 0 aliphatic rings. The summed E-state index contributed by atoms with van der Waals surface area (Å²) in [6.45, 7) is 6.90. The largest absolute Gasteiger partial charge is 0.310 e. The van der Waals surface area contributed by atoms with Crippen molar-refractivity contribution in [3.8, 4) is 11.1 Å². The zero-order valence-corrected chi connectivity index (χ0v) is 11.6. The maximum atomic E-state index is 13.5. The number of halogens is 1. The Morgan fingerprint density at radius 3 is 2.68 bits per heavy atom. The van der Waals surface area contributed by atoms with Gasteiger partial charge in [-0.15, -0.1) is 0 Å². The van der Waals surface area contributed by atoms with Crippen molar-refractivity contribution in [1.82, 2.24) is 10.3 Å². The number of aryl methyl sites for hydroxylation is 1. The molecule has 3 heteroatoms. The average Bonchev–Trinajstić information content (AvgIpc) is 2.37. The second-order valence-corrected chi connectivity index (χ2v) is 5.09. The second kappa shape index (κ2) is 5.93. The molecule has 2 aromatic rings. The summed E-state index contributed by atoms with van der Waals surface area (Å²) in [4.78, 5) is 4.18. The molecule has 2 rings (SSSR count). The van der Waals surface area contributed by atoms with Crippen LogP contribution in [0.2, 0.25) is 0 Å². The van der Waals surface area contributed by atoms with Gasteiger partial charge in [-0.25, -0.2) is 4.39 Å². The van der Waals surface area contributed by atoms with Crippen LogP contribution in [0.15, 0.2) is 36.7 Å². The monoisotopic (exact) mass is 258 g/mol. The molecular weight excluding hydrogens is 239 g/mol. The van der Waals surface area contributed by atoms with Crippen molar-refractivity contribution in [2.24, 2.45) is 0 Å². The lowest BCUT2D eigenvalue weighted by atomic mass is 10.00. The summed E-state index contributed by atoms with van der Waals surface area (Å²) in [6, 6.07) is 7.34. The number of aromatic nitrogens is 1. The van der Waals surface area contributed by atoms with Crippen LogP contribution in [0.25, 0.3) is 11.1 Å². The normalized spacial score (nSPS) is 11.0. The Bertz CT molecular complexity index is 564. The Hall–Kier alpha value is -1.74. The van der Waals surface area contributed by atoms with E-state index in [0.717, 1.165) is 28.8 Å². The molecular formula is C16H19FN2. The summed E-state index contributed by atoms with van der Waals surface area (Å²) < 4.78 is 13.5. The topological polar surface area (TPSA) is 24.9 Å². The van der Waals surface area contributed by atoms with Gasteiger partial charge in [0.25, 0.3) is 0 Å². The smallest absolute Gasteiger partial charge is 0.123 e. The summed E-state index contributed by atoms with van der Waals surface area (Å²) in [5.74, 6) is -0.218. The van der Waals surface area contributed by atoms with Crippen molar-refractivity contribution in [3.05, 3.63) is 53.6 Å². The first-order valence-electron chi connectivity index (χ1n) is 6.50. The quantitative estimate of drug-likeness (QED) is 0.904. The van der Waals surface area contributed by atoms with E-state index in [-0.39, 0.29) is 5.82 Å². The van der Waals surface area contributed by atoms with Crippen molar-refractivity contribution in [2.75, 3.05) is 0 Å². The van der Waals surface area contributed by atoms with Crippen LogP contribution in [-0.4, -0.2) is 11.0 Å². The predicted molar refractivity (Wildman–Crippen MR) is 76.3 cm³/mol. The maximum absolute atomic E-state index is 13.5. The van der Waals surface area contributed by atoms with E-state index in [2.05, 4.69) is 24.1 Å². The molecule has 0 unspecified atom stereocenters. The van der Waals surface area contributed by atoms with Crippen LogP contribution >= 0.6 is 0 Å². The van der Waals surface area contributed by atoms with Gasteiger partial charge in [0.05, 0.1) is 0 Å². The van der Waals surface area contributed by atoms with Crippen LogP contribution in [0.4, 0.5) is 4.39 Å². The molecule has 0 saturated carbocycles. The van der Waals surface area contributed by atoms with Crippen LogP contribution in [0.1, 0.15) is 25.0 Å². The van der Waals surface area contributed by atoms with Gasteiger partial charge in [-0.3, -0.25) is 4.98 Å². The third-order valence-corrected chi connectivity index (χ3v) is 2.96. The van der Waals surface area contributed by atoms with E-state index in [9.17, 15) is 4.39 Å². The molecule has 0 amide bonds. The fraction of sp³-hybridized carbons (Fsp3) is 0.312. The number of rotatable bonds is 4. The van der Waals surface area contributed by atoms with E-state index in [1.54, 1.807) is 18.5 Å². The average molecular weight is 258 g/mol. The van der Waals surface area contributed by atoms with Gasteiger partial charge in [-0.2, -0.15) is 0 Å². The third kappa shape index (κ3) is 3.61. The molecule has 0 bridgehead atoms. The van der Waals surface area contributed by atoms with Gasteiger partial charge in [0.1, 0.15) is 5.82 Å². The Balaban J connectivity index is 2.39. The maximum Gasteiger partial charge on any atom is 0.123 e. The molecule has 1 N–H and O–H groups in total. The van der Waals surface area contributed by atoms with Gasteiger partial charge < -0.3 is 5.32 Å². The van der Waals surface area contributed by atoms with E-state index in [4.69, 9.17) is 0 Å². The summed E-state index contributed by atoms with van der Waals surface area (Å²) in [6.07, 6.45) is 3.58. The van der Waals surface area contributed by atoms with Gasteiger partial charge in [0.15, 0.2) is 0 Å². The predicted octanol–water partition coefficient (Wildman–Crippen LogP) is 3.69. The molecule has 0 aliphatic heterocycles. The number of pyridine rings is 1. The lowest BCUT2D eigenvalue weighted by molar-refractivity contribution is 0.587. The number of hydrogen-bond donors (Lipinski definition) is 1. The van der Waals surface area contributed by atoms with Crippen LogP contribution in [0, 0.1) is 12.7 Å². The molecule has 1 aromatic heterocycles. The molecule has 19 heavy (non-hydrogen) atoms. The summed E-state index contributed by atoms with van der Waals surface area (Å²) in [5.41, 5.74) is 4.02. The van der Waals surface area contributed by atoms with Gasteiger partial charge in [-0.05, 0) is 41.8 Å². The first-order chi connectivity index (χ1) is 9.06. The van der Waals surface area contributed by atoms with E-state index in [0.29, 0.717) is 6.04 Å². The molecule has 2 nitrogen and oxygen atoms in total. The van der Waals surface area contributed by atoms with Gasteiger partial charge in [0, 0.05) is 30.5 Å². The minimum absolute atomic E-state index is 0.218. The minimum Gasteiger partial charge on any atom is -0.310 e. The highest BCUT2D eigenvalue weighted by molar-refractivity contribution is 5.67. The summed E-state index contributed by atoms with van der Waals surface area (Å²) >= 11 is 0. The molecule has 0 spiro atoms. The van der Waals surface area contributed by atoms with Gasteiger partial charge in [-0.1, -0.05) is 19.9 Å². The third-order valence-electron chi connectivity index (χ3n) is 2.96.